The molecule has 1 saturated heterocycles. The van der Waals surface area contributed by atoms with Crippen molar-refractivity contribution in [1.82, 2.24) is 15.3 Å². The Labute approximate surface area is 119 Å². The minimum Gasteiger partial charge on any atom is -0.480 e. The van der Waals surface area contributed by atoms with Gasteiger partial charge in [0, 0.05) is 12.5 Å². The summed E-state index contributed by atoms with van der Waals surface area (Å²) in [5, 5.41) is 3.33. The van der Waals surface area contributed by atoms with E-state index in [1.165, 1.54) is 0 Å². The smallest absolute Gasteiger partial charge is 0.240 e. The molecule has 0 aromatic carbocycles. The molecule has 0 saturated carbocycles. The quantitative estimate of drug-likeness (QED) is 0.854. The average molecular weight is 281 g/mol. The highest BCUT2D eigenvalue weighted by atomic mass is 16.5. The molecular formula is C14H23N3O3. The van der Waals surface area contributed by atoms with Crippen molar-refractivity contribution in [3.63, 3.8) is 0 Å². The maximum atomic E-state index is 5.78. The van der Waals surface area contributed by atoms with Gasteiger partial charge in [-0.25, -0.2) is 4.98 Å². The topological polar surface area (TPSA) is 65.5 Å². The van der Waals surface area contributed by atoms with Crippen LogP contribution in [0, 0.1) is 5.92 Å². The maximum absolute atomic E-state index is 5.78. The van der Waals surface area contributed by atoms with Gasteiger partial charge in [0.05, 0.1) is 32.6 Å². The second-order valence-electron chi connectivity index (χ2n) is 4.84. The highest BCUT2D eigenvalue weighted by Gasteiger charge is 2.36. The minimum absolute atomic E-state index is 0.0656. The normalized spacial score (nSPS) is 23.6. The van der Waals surface area contributed by atoms with E-state index in [4.69, 9.17) is 14.2 Å². The fourth-order valence-electron chi connectivity index (χ4n) is 2.85. The summed E-state index contributed by atoms with van der Waals surface area (Å²) in [6, 6.07) is 0.0656. The second kappa shape index (κ2) is 6.85. The van der Waals surface area contributed by atoms with E-state index in [0.717, 1.165) is 25.1 Å². The van der Waals surface area contributed by atoms with Crippen LogP contribution in [0.1, 0.15) is 31.5 Å². The molecule has 1 aromatic rings. The van der Waals surface area contributed by atoms with Gasteiger partial charge < -0.3 is 19.5 Å². The molecule has 20 heavy (non-hydrogen) atoms. The molecule has 0 spiro atoms. The predicted molar refractivity (Wildman–Crippen MR) is 75.1 cm³/mol. The van der Waals surface area contributed by atoms with Crippen LogP contribution in [-0.4, -0.2) is 43.9 Å². The summed E-state index contributed by atoms with van der Waals surface area (Å²) in [7, 11) is 5.10. The lowest BCUT2D eigenvalue weighted by molar-refractivity contribution is 0.0774. The van der Waals surface area contributed by atoms with Crippen LogP contribution in [0.3, 0.4) is 0 Å². The molecule has 0 bridgehead atoms. The molecular weight excluding hydrogens is 258 g/mol. The van der Waals surface area contributed by atoms with Crippen molar-refractivity contribution >= 4 is 0 Å². The Bertz CT molecular complexity index is 442. The monoisotopic (exact) mass is 281 g/mol. The van der Waals surface area contributed by atoms with Crippen molar-refractivity contribution in [2.75, 3.05) is 27.9 Å². The third-order valence-electron chi connectivity index (χ3n) is 3.84. The lowest BCUT2D eigenvalue weighted by atomic mass is 9.89. The molecule has 1 aromatic heterocycles. The van der Waals surface area contributed by atoms with Gasteiger partial charge in [-0.2, -0.15) is 4.98 Å². The first kappa shape index (κ1) is 15.0. The highest BCUT2D eigenvalue weighted by Crippen LogP contribution is 2.36. The molecule has 6 nitrogen and oxygen atoms in total. The molecule has 3 atom stereocenters. The highest BCUT2D eigenvalue weighted by molar-refractivity contribution is 5.26. The van der Waals surface area contributed by atoms with E-state index in [9.17, 15) is 0 Å². The fraction of sp³-hybridized carbons (Fsp3) is 0.714. The molecule has 0 radical (unpaired) electrons. The maximum Gasteiger partial charge on any atom is 0.240 e. The summed E-state index contributed by atoms with van der Waals surface area (Å²) in [6.45, 7) is 2.94. The van der Waals surface area contributed by atoms with Crippen molar-refractivity contribution in [2.24, 2.45) is 5.92 Å². The van der Waals surface area contributed by atoms with E-state index in [0.29, 0.717) is 17.7 Å². The Hall–Kier alpha value is -1.40. The van der Waals surface area contributed by atoms with Crippen LogP contribution >= 0.6 is 0 Å². The first-order valence-corrected chi connectivity index (χ1v) is 6.98. The first-order chi connectivity index (χ1) is 9.74. The number of methoxy groups -OCH3 is 2. The lowest BCUT2D eigenvalue weighted by Gasteiger charge is -2.27. The summed E-state index contributed by atoms with van der Waals surface area (Å²) >= 11 is 0. The number of ether oxygens (including phenoxy) is 3. The molecule has 2 rings (SSSR count). The van der Waals surface area contributed by atoms with Gasteiger partial charge in [-0.3, -0.25) is 0 Å². The third kappa shape index (κ3) is 2.86. The Morgan fingerprint density at radius 2 is 2.25 bits per heavy atom. The molecule has 2 heterocycles. The van der Waals surface area contributed by atoms with Crippen molar-refractivity contribution in [3.8, 4) is 11.8 Å². The SMILES string of the molecule is CCC1OCCC1C(NC)c1ncc(OC)nc1OC. The Balaban J connectivity index is 2.31. The zero-order valence-electron chi connectivity index (χ0n) is 12.5. The molecule has 3 unspecified atom stereocenters. The molecule has 1 aliphatic heterocycles. The van der Waals surface area contributed by atoms with E-state index in [2.05, 4.69) is 22.2 Å². The van der Waals surface area contributed by atoms with E-state index in [1.54, 1.807) is 20.4 Å². The van der Waals surface area contributed by atoms with Gasteiger partial charge in [0.15, 0.2) is 0 Å². The number of nitrogens with one attached hydrogen (secondary N) is 1. The van der Waals surface area contributed by atoms with Gasteiger partial charge >= 0.3 is 0 Å². The summed E-state index contributed by atoms with van der Waals surface area (Å²) in [4.78, 5) is 8.79. The number of aromatic nitrogens is 2. The molecule has 6 heteroatoms. The van der Waals surface area contributed by atoms with E-state index in [-0.39, 0.29) is 12.1 Å². The Kier molecular flexibility index (Phi) is 5.14. The van der Waals surface area contributed by atoms with E-state index >= 15 is 0 Å². The van der Waals surface area contributed by atoms with Crippen LogP contribution < -0.4 is 14.8 Å². The predicted octanol–water partition coefficient (Wildman–Crippen LogP) is 1.57. The van der Waals surface area contributed by atoms with Crippen LogP contribution in [-0.2, 0) is 4.74 Å². The average Bonchev–Trinajstić information content (AvgIpc) is 2.96. The molecule has 1 fully saturated rings. The van der Waals surface area contributed by atoms with Crippen LogP contribution in [0.4, 0.5) is 0 Å². The van der Waals surface area contributed by atoms with E-state index in [1.807, 2.05) is 7.05 Å². The van der Waals surface area contributed by atoms with Gasteiger partial charge in [-0.15, -0.1) is 0 Å². The molecule has 0 amide bonds. The first-order valence-electron chi connectivity index (χ1n) is 6.98. The Morgan fingerprint density at radius 3 is 2.85 bits per heavy atom. The molecule has 1 N–H and O–H groups in total. The minimum atomic E-state index is 0.0656. The zero-order chi connectivity index (χ0) is 14.5. The van der Waals surface area contributed by atoms with E-state index < -0.39 is 0 Å². The number of rotatable bonds is 6. The summed E-state index contributed by atoms with van der Waals surface area (Å²) < 4.78 is 16.2. The van der Waals surface area contributed by atoms with Crippen molar-refractivity contribution in [2.45, 2.75) is 31.9 Å². The lowest BCUT2D eigenvalue weighted by Crippen LogP contribution is -2.31. The summed E-state index contributed by atoms with van der Waals surface area (Å²) in [5.41, 5.74) is 0.810. The van der Waals surface area contributed by atoms with Crippen molar-refractivity contribution in [3.05, 3.63) is 11.9 Å². The largest absolute Gasteiger partial charge is 0.480 e. The van der Waals surface area contributed by atoms with Crippen LogP contribution in [0.15, 0.2) is 6.20 Å². The second-order valence-corrected chi connectivity index (χ2v) is 4.84. The van der Waals surface area contributed by atoms with Crippen molar-refractivity contribution in [1.29, 1.82) is 0 Å². The number of nitrogens with zero attached hydrogens (tertiary/aromatic N) is 2. The standard InChI is InChI=1S/C14H23N3O3/c1-5-10-9(6-7-20-10)12(15-2)13-14(19-4)17-11(18-3)8-16-13/h8-10,12,15H,5-7H2,1-4H3. The van der Waals surface area contributed by atoms with Crippen molar-refractivity contribution < 1.29 is 14.2 Å². The van der Waals surface area contributed by atoms with Gasteiger partial charge in [-0.1, -0.05) is 6.92 Å². The molecule has 1 aliphatic rings. The summed E-state index contributed by atoms with van der Waals surface area (Å²) in [6.07, 6.45) is 3.88. The fourth-order valence-corrected chi connectivity index (χ4v) is 2.85. The zero-order valence-corrected chi connectivity index (χ0v) is 12.5. The third-order valence-corrected chi connectivity index (χ3v) is 3.84. The Morgan fingerprint density at radius 1 is 1.45 bits per heavy atom. The van der Waals surface area contributed by atoms with Crippen LogP contribution in [0.5, 0.6) is 11.8 Å². The van der Waals surface area contributed by atoms with Gasteiger partial charge in [0.1, 0.15) is 5.69 Å². The van der Waals surface area contributed by atoms with Gasteiger partial charge in [0.25, 0.3) is 0 Å². The number of hydrogen-bond acceptors (Lipinski definition) is 6. The molecule has 112 valence electrons. The molecule has 0 aliphatic carbocycles. The van der Waals surface area contributed by atoms with Crippen LogP contribution in [0.2, 0.25) is 0 Å². The van der Waals surface area contributed by atoms with Gasteiger partial charge in [0.2, 0.25) is 11.8 Å². The number of hydrogen-bond donors (Lipinski definition) is 1. The summed E-state index contributed by atoms with van der Waals surface area (Å²) in [5.74, 6) is 1.34. The van der Waals surface area contributed by atoms with Crippen LogP contribution in [0.25, 0.3) is 0 Å². The van der Waals surface area contributed by atoms with Gasteiger partial charge in [-0.05, 0) is 19.9 Å².